The fourth-order valence-electron chi connectivity index (χ4n) is 13.9. The zero-order chi connectivity index (χ0) is 56.7. The molecule has 15 nitrogen and oxygen atoms in total. The molecule has 440 valence electrons. The number of hydrogen-bond acceptors (Lipinski definition) is 15. The van der Waals surface area contributed by atoms with Crippen LogP contribution in [-0.2, 0) is 85.6 Å². The number of rotatable bonds is 20. The van der Waals surface area contributed by atoms with Gasteiger partial charge < -0.3 is 49.8 Å². The van der Waals surface area contributed by atoms with E-state index in [1.807, 2.05) is 12.4 Å². The molecular formula is C68H90N12O3. The Morgan fingerprint density at radius 1 is 0.494 bits per heavy atom. The number of benzene rings is 3. The second-order valence-electron chi connectivity index (χ2n) is 24.9. The lowest BCUT2D eigenvalue weighted by atomic mass is 9.88. The Bertz CT molecular complexity index is 3140. The minimum absolute atomic E-state index is 0.368. The first-order chi connectivity index (χ1) is 40.6. The van der Waals surface area contributed by atoms with Gasteiger partial charge in [0.1, 0.15) is 0 Å². The van der Waals surface area contributed by atoms with Crippen molar-refractivity contribution in [2.45, 2.75) is 110 Å². The molecule has 83 heavy (non-hydrogen) atoms. The fourth-order valence-corrected chi connectivity index (χ4v) is 13.9. The van der Waals surface area contributed by atoms with E-state index in [-0.39, 0.29) is 0 Å². The van der Waals surface area contributed by atoms with Crippen molar-refractivity contribution in [3.05, 3.63) is 175 Å². The first kappa shape index (κ1) is 57.6. The zero-order valence-electron chi connectivity index (χ0n) is 50.2. The molecule has 3 N–H and O–H groups in total. The molecule has 0 spiro atoms. The number of fused-ring (bicyclic) bond motifs is 3. The van der Waals surface area contributed by atoms with Crippen molar-refractivity contribution in [1.82, 2.24) is 45.6 Å². The third-order valence-corrected chi connectivity index (χ3v) is 18.3. The van der Waals surface area contributed by atoms with Crippen molar-refractivity contribution in [3.8, 4) is 0 Å². The number of nitrogens with zero attached hydrogens (tertiary/aromatic N) is 9. The average molecular weight is 1120 g/mol. The van der Waals surface area contributed by atoms with Crippen LogP contribution in [0.1, 0.15) is 90.3 Å². The van der Waals surface area contributed by atoms with Gasteiger partial charge in [0, 0.05) is 145 Å². The number of pyridine rings is 3. The summed E-state index contributed by atoms with van der Waals surface area (Å²) in [6.45, 7) is 22.6. The van der Waals surface area contributed by atoms with Crippen LogP contribution in [0.4, 0.5) is 17.1 Å². The van der Waals surface area contributed by atoms with E-state index in [2.05, 4.69) is 164 Å². The normalized spacial score (nSPS) is 20.2. The van der Waals surface area contributed by atoms with Gasteiger partial charge in [-0.2, -0.15) is 0 Å². The maximum absolute atomic E-state index is 5.92. The molecule has 3 aromatic carbocycles. The SMILES string of the molecule is Cc1ccc(CN(C)C[C@H]2Cc3c(cc(Cc4cccnc4CN(C)CC[C@H]4Cc5c(cc(Cc6cc(C)cnc6CN(C)C[C@H]6Cc7c(cccc7N7CCOCC7)CN6)cc5N5CCOCC5)CN4)cc3N3CCOCC3)CN2)nc1. The first-order valence-corrected chi connectivity index (χ1v) is 31.0. The summed E-state index contributed by atoms with van der Waals surface area (Å²) in [6, 6.07) is 29.0. The first-order valence-electron chi connectivity index (χ1n) is 31.0. The molecule has 0 amide bonds. The molecule has 3 atom stereocenters. The largest absolute Gasteiger partial charge is 0.378 e. The molecule has 3 fully saturated rings. The summed E-state index contributed by atoms with van der Waals surface area (Å²) in [5.41, 5.74) is 24.1. The van der Waals surface area contributed by atoms with Crippen LogP contribution in [0.2, 0.25) is 0 Å². The molecule has 6 aliphatic heterocycles. The summed E-state index contributed by atoms with van der Waals surface area (Å²) in [6.07, 6.45) is 11.8. The minimum Gasteiger partial charge on any atom is -0.378 e. The molecule has 9 heterocycles. The third kappa shape index (κ3) is 14.5. The van der Waals surface area contributed by atoms with E-state index < -0.39 is 0 Å². The van der Waals surface area contributed by atoms with E-state index in [1.54, 1.807) is 0 Å². The quantitative estimate of drug-likeness (QED) is 0.0727. The van der Waals surface area contributed by atoms with Crippen molar-refractivity contribution < 1.29 is 14.2 Å². The number of aryl methyl sites for hydroxylation is 2. The highest BCUT2D eigenvalue weighted by Gasteiger charge is 2.30. The summed E-state index contributed by atoms with van der Waals surface area (Å²) in [7, 11) is 6.75. The molecule has 3 saturated heterocycles. The van der Waals surface area contributed by atoms with Crippen LogP contribution in [-0.4, -0.2) is 167 Å². The fraction of sp³-hybridized carbons (Fsp3) is 0.515. The Balaban J connectivity index is 0.686. The summed E-state index contributed by atoms with van der Waals surface area (Å²) in [4.78, 5) is 29.9. The van der Waals surface area contributed by atoms with E-state index >= 15 is 0 Å². The van der Waals surface area contributed by atoms with Gasteiger partial charge in [-0.05, 0) is 177 Å². The third-order valence-electron chi connectivity index (χ3n) is 18.3. The molecule has 3 aromatic heterocycles. The summed E-state index contributed by atoms with van der Waals surface area (Å²) in [5, 5.41) is 11.8. The average Bonchev–Trinajstić information content (AvgIpc) is 3.41. The Labute approximate surface area is 494 Å². The smallest absolute Gasteiger partial charge is 0.0642 e. The van der Waals surface area contributed by atoms with Crippen LogP contribution < -0.4 is 30.7 Å². The lowest BCUT2D eigenvalue weighted by molar-refractivity contribution is 0.122. The molecule has 0 radical (unpaired) electrons. The predicted molar refractivity (Wildman–Crippen MR) is 333 cm³/mol. The van der Waals surface area contributed by atoms with Gasteiger partial charge in [0.25, 0.3) is 0 Å². The van der Waals surface area contributed by atoms with Gasteiger partial charge >= 0.3 is 0 Å². The van der Waals surface area contributed by atoms with Gasteiger partial charge in [-0.1, -0.05) is 42.5 Å². The highest BCUT2D eigenvalue weighted by Crippen LogP contribution is 2.36. The molecule has 0 saturated carbocycles. The molecule has 12 rings (SSSR count). The topological polar surface area (TPSA) is 122 Å². The number of ether oxygens (including phenoxy) is 3. The van der Waals surface area contributed by atoms with E-state index in [0.717, 1.165) is 182 Å². The van der Waals surface area contributed by atoms with E-state index in [1.165, 1.54) is 95.2 Å². The highest BCUT2D eigenvalue weighted by atomic mass is 16.5. The van der Waals surface area contributed by atoms with E-state index in [4.69, 9.17) is 24.2 Å². The molecule has 0 unspecified atom stereocenters. The van der Waals surface area contributed by atoms with E-state index in [0.29, 0.717) is 18.1 Å². The van der Waals surface area contributed by atoms with Gasteiger partial charge in [0.2, 0.25) is 0 Å². The number of hydrogen-bond donors (Lipinski definition) is 3. The maximum atomic E-state index is 5.92. The highest BCUT2D eigenvalue weighted by molar-refractivity contribution is 5.63. The molecule has 6 aliphatic rings. The standard InChI is InChI=1S/C68H90N12O3/c1-48-11-12-58(70-38-48)43-76(4)44-60-37-63-56(42-73-60)31-50(33-68(63)80-20-26-83-27-21-80)29-52-9-7-14-69-64(52)46-75(3)15-13-57-35-62-55(41-71-57)32-51(34-67(62)79-18-24-82-25-19-79)30-54-28-49(2)39-74-65(54)47-77(5)45-59-36-61-53(40-72-59)8-6-10-66(61)78-16-22-81-23-17-78/h6-12,14,28,31-34,38-39,57,59-60,71-73H,13,15-27,29-30,35-37,40-47H2,1-5H3/t57-,59+,60+/m0/s1. The number of likely N-dealkylation sites (N-methyl/N-ethyl adjacent to an activating group) is 2. The van der Waals surface area contributed by atoms with Gasteiger partial charge in [-0.25, -0.2) is 0 Å². The van der Waals surface area contributed by atoms with Crippen LogP contribution in [0.3, 0.4) is 0 Å². The predicted octanol–water partition coefficient (Wildman–Crippen LogP) is 7.01. The Hall–Kier alpha value is -5.85. The van der Waals surface area contributed by atoms with Crippen molar-refractivity contribution in [1.29, 1.82) is 0 Å². The van der Waals surface area contributed by atoms with Crippen molar-refractivity contribution in [2.75, 3.05) is 134 Å². The molecular weight excluding hydrogens is 1030 g/mol. The Kier molecular flexibility index (Phi) is 18.7. The van der Waals surface area contributed by atoms with Crippen LogP contribution in [0.5, 0.6) is 0 Å². The van der Waals surface area contributed by atoms with Gasteiger partial charge in [0.05, 0.1) is 56.7 Å². The van der Waals surface area contributed by atoms with Crippen molar-refractivity contribution >= 4 is 17.1 Å². The second kappa shape index (κ2) is 27.0. The minimum atomic E-state index is 0.368. The van der Waals surface area contributed by atoms with Crippen LogP contribution >= 0.6 is 0 Å². The van der Waals surface area contributed by atoms with Gasteiger partial charge in [-0.3, -0.25) is 24.8 Å². The Morgan fingerprint density at radius 3 is 1.65 bits per heavy atom. The van der Waals surface area contributed by atoms with E-state index in [9.17, 15) is 0 Å². The number of morpholine rings is 3. The van der Waals surface area contributed by atoms with Gasteiger partial charge in [-0.15, -0.1) is 0 Å². The monoisotopic (exact) mass is 1120 g/mol. The second-order valence-corrected chi connectivity index (χ2v) is 24.9. The van der Waals surface area contributed by atoms with Crippen LogP contribution in [0.15, 0.2) is 91.4 Å². The molecule has 0 bridgehead atoms. The lowest BCUT2D eigenvalue weighted by Crippen LogP contribution is -2.44. The van der Waals surface area contributed by atoms with Gasteiger partial charge in [0.15, 0.2) is 0 Å². The Morgan fingerprint density at radius 2 is 1.02 bits per heavy atom. The van der Waals surface area contributed by atoms with Crippen molar-refractivity contribution in [2.24, 2.45) is 0 Å². The number of nitrogens with one attached hydrogen (secondary N) is 3. The number of aromatic nitrogens is 3. The van der Waals surface area contributed by atoms with Crippen molar-refractivity contribution in [3.63, 3.8) is 0 Å². The maximum Gasteiger partial charge on any atom is 0.0642 e. The molecule has 15 heteroatoms. The molecule has 0 aliphatic carbocycles. The lowest BCUT2D eigenvalue weighted by Gasteiger charge is -2.36. The zero-order valence-corrected chi connectivity index (χ0v) is 50.2. The summed E-state index contributed by atoms with van der Waals surface area (Å²) >= 11 is 0. The van der Waals surface area contributed by atoms with Crippen LogP contribution in [0, 0.1) is 13.8 Å². The molecule has 6 aromatic rings. The summed E-state index contributed by atoms with van der Waals surface area (Å²) < 4.78 is 17.5. The van der Waals surface area contributed by atoms with Crippen LogP contribution in [0.25, 0.3) is 0 Å². The summed E-state index contributed by atoms with van der Waals surface area (Å²) in [5.74, 6) is 0. The number of anilines is 3.